The lowest BCUT2D eigenvalue weighted by Gasteiger charge is -2.08. The Kier molecular flexibility index (Phi) is 7.43. The zero-order chi connectivity index (χ0) is 19.8. The Morgan fingerprint density at radius 1 is 1.00 bits per heavy atom. The molecule has 0 aromatic heterocycles. The number of carbonyl (C=O) groups is 3. The number of anilines is 1. The molecular weight excluding hydrogens is 364 g/mol. The van der Waals surface area contributed by atoms with Gasteiger partial charge in [0.2, 0.25) is 5.91 Å². The van der Waals surface area contributed by atoms with Crippen LogP contribution in [-0.4, -0.2) is 34.7 Å². The molecule has 0 aliphatic heterocycles. The van der Waals surface area contributed by atoms with Crippen molar-refractivity contribution in [2.75, 3.05) is 11.9 Å². The van der Waals surface area contributed by atoms with Crippen molar-refractivity contribution in [1.82, 2.24) is 5.32 Å². The Bertz CT molecular complexity index is 802. The van der Waals surface area contributed by atoms with Gasteiger partial charge in [0, 0.05) is 21.4 Å². The molecule has 0 aliphatic rings. The summed E-state index contributed by atoms with van der Waals surface area (Å²) in [6, 6.07) is 14.3. The molecular formula is C20H22N2O4S. The number of hydrogen-bond donors (Lipinski definition) is 3. The minimum Gasteiger partial charge on any atom is -0.480 e. The number of rotatable bonds is 8. The number of benzene rings is 2. The first-order valence-corrected chi connectivity index (χ1v) is 9.37. The van der Waals surface area contributed by atoms with Crippen molar-refractivity contribution in [3.63, 3.8) is 0 Å². The van der Waals surface area contributed by atoms with Crippen molar-refractivity contribution in [2.24, 2.45) is 0 Å². The minimum atomic E-state index is -1.09. The molecule has 0 unspecified atom stereocenters. The summed E-state index contributed by atoms with van der Waals surface area (Å²) in [6.45, 7) is 3.83. The molecule has 27 heavy (non-hydrogen) atoms. The highest BCUT2D eigenvalue weighted by atomic mass is 32.2. The third-order valence-electron chi connectivity index (χ3n) is 3.50. The zero-order valence-corrected chi connectivity index (χ0v) is 16.0. The van der Waals surface area contributed by atoms with Crippen LogP contribution in [0.2, 0.25) is 0 Å². The lowest BCUT2D eigenvalue weighted by molar-refractivity contribution is -0.137. The monoisotopic (exact) mass is 386 g/mol. The summed E-state index contributed by atoms with van der Waals surface area (Å²) in [5, 5.41) is 14.1. The number of carboxylic acids is 1. The molecule has 0 aliphatic carbocycles. The molecule has 2 aromatic rings. The van der Waals surface area contributed by atoms with E-state index in [0.717, 1.165) is 10.5 Å². The SMILES string of the molecule is CC(C)Sc1ccc(C(=O)Nc2ccc(CC(=O)NCC(=O)O)cc2)cc1. The van der Waals surface area contributed by atoms with E-state index in [-0.39, 0.29) is 18.2 Å². The van der Waals surface area contributed by atoms with Crippen molar-refractivity contribution in [2.45, 2.75) is 30.4 Å². The van der Waals surface area contributed by atoms with Gasteiger partial charge < -0.3 is 15.7 Å². The van der Waals surface area contributed by atoms with Gasteiger partial charge in [-0.05, 0) is 42.0 Å². The molecule has 0 bridgehead atoms. The van der Waals surface area contributed by atoms with E-state index in [1.165, 1.54) is 0 Å². The van der Waals surface area contributed by atoms with E-state index in [1.54, 1.807) is 48.2 Å². The number of hydrogen-bond acceptors (Lipinski definition) is 4. The van der Waals surface area contributed by atoms with E-state index in [9.17, 15) is 14.4 Å². The van der Waals surface area contributed by atoms with E-state index in [1.807, 2.05) is 12.1 Å². The number of amides is 2. The summed E-state index contributed by atoms with van der Waals surface area (Å²) in [7, 11) is 0. The molecule has 6 nitrogen and oxygen atoms in total. The highest BCUT2D eigenvalue weighted by molar-refractivity contribution is 7.99. The Balaban J connectivity index is 1.90. The van der Waals surface area contributed by atoms with Crippen LogP contribution >= 0.6 is 11.8 Å². The molecule has 2 aromatic carbocycles. The number of carbonyl (C=O) groups excluding carboxylic acids is 2. The van der Waals surface area contributed by atoms with Gasteiger partial charge in [-0.1, -0.05) is 26.0 Å². The van der Waals surface area contributed by atoms with Crippen LogP contribution in [0.15, 0.2) is 53.4 Å². The van der Waals surface area contributed by atoms with Crippen LogP contribution in [0.4, 0.5) is 5.69 Å². The molecule has 2 amide bonds. The van der Waals surface area contributed by atoms with Gasteiger partial charge in [0.05, 0.1) is 6.42 Å². The van der Waals surface area contributed by atoms with Crippen LogP contribution in [0.1, 0.15) is 29.8 Å². The fraction of sp³-hybridized carbons (Fsp3) is 0.250. The third kappa shape index (κ3) is 7.15. The first-order valence-electron chi connectivity index (χ1n) is 8.49. The van der Waals surface area contributed by atoms with Crippen LogP contribution < -0.4 is 10.6 Å². The Morgan fingerprint density at radius 3 is 2.19 bits per heavy atom. The molecule has 0 fully saturated rings. The van der Waals surface area contributed by atoms with Crippen LogP contribution in [0, 0.1) is 0 Å². The summed E-state index contributed by atoms with van der Waals surface area (Å²) in [6.07, 6.45) is 0.0798. The van der Waals surface area contributed by atoms with Gasteiger partial charge in [0.1, 0.15) is 6.54 Å². The molecule has 142 valence electrons. The first-order chi connectivity index (χ1) is 12.8. The van der Waals surface area contributed by atoms with E-state index in [4.69, 9.17) is 5.11 Å². The molecule has 0 atom stereocenters. The van der Waals surface area contributed by atoms with E-state index < -0.39 is 12.5 Å². The molecule has 0 saturated carbocycles. The maximum Gasteiger partial charge on any atom is 0.322 e. The van der Waals surface area contributed by atoms with Gasteiger partial charge in [0.25, 0.3) is 5.91 Å². The predicted molar refractivity (Wildman–Crippen MR) is 106 cm³/mol. The third-order valence-corrected chi connectivity index (χ3v) is 4.52. The second kappa shape index (κ2) is 9.78. The Morgan fingerprint density at radius 2 is 1.63 bits per heavy atom. The normalized spacial score (nSPS) is 10.5. The van der Waals surface area contributed by atoms with E-state index >= 15 is 0 Å². The summed E-state index contributed by atoms with van der Waals surface area (Å²) in [5.74, 6) is -1.66. The van der Waals surface area contributed by atoms with Gasteiger partial charge >= 0.3 is 5.97 Å². The van der Waals surface area contributed by atoms with Crippen molar-refractivity contribution >= 4 is 35.2 Å². The second-order valence-corrected chi connectivity index (χ2v) is 7.84. The average Bonchev–Trinajstić information content (AvgIpc) is 2.61. The van der Waals surface area contributed by atoms with Gasteiger partial charge in [0.15, 0.2) is 0 Å². The lowest BCUT2D eigenvalue weighted by Crippen LogP contribution is -2.30. The molecule has 0 saturated heterocycles. The topological polar surface area (TPSA) is 95.5 Å². The van der Waals surface area contributed by atoms with Gasteiger partial charge in [-0.3, -0.25) is 14.4 Å². The summed E-state index contributed by atoms with van der Waals surface area (Å²) < 4.78 is 0. The Hall–Kier alpha value is -2.80. The largest absolute Gasteiger partial charge is 0.480 e. The fourth-order valence-electron chi connectivity index (χ4n) is 2.29. The number of nitrogens with one attached hydrogen (secondary N) is 2. The predicted octanol–water partition coefficient (Wildman–Crippen LogP) is 3.18. The van der Waals surface area contributed by atoms with Crippen molar-refractivity contribution in [3.05, 3.63) is 59.7 Å². The van der Waals surface area contributed by atoms with Gasteiger partial charge in [-0.25, -0.2) is 0 Å². The lowest BCUT2D eigenvalue weighted by atomic mass is 10.1. The molecule has 3 N–H and O–H groups in total. The molecule has 2 rings (SSSR count). The van der Waals surface area contributed by atoms with Crippen molar-refractivity contribution in [1.29, 1.82) is 0 Å². The number of carboxylic acid groups (broad SMARTS) is 1. The number of thioether (sulfide) groups is 1. The molecule has 0 heterocycles. The quantitative estimate of drug-likeness (QED) is 0.606. The first kappa shape index (κ1) is 20.5. The second-order valence-electron chi connectivity index (χ2n) is 6.19. The van der Waals surface area contributed by atoms with E-state index in [0.29, 0.717) is 16.5 Å². The van der Waals surface area contributed by atoms with Crippen molar-refractivity contribution in [3.8, 4) is 0 Å². The standard InChI is InChI=1S/C20H22N2O4S/c1-13(2)27-17-9-5-15(6-10-17)20(26)22-16-7-3-14(4-8-16)11-18(23)21-12-19(24)25/h3-10,13H,11-12H2,1-2H3,(H,21,23)(H,22,26)(H,24,25). The molecule has 0 spiro atoms. The van der Waals surface area contributed by atoms with Crippen molar-refractivity contribution < 1.29 is 19.5 Å². The minimum absolute atomic E-state index is 0.0798. The summed E-state index contributed by atoms with van der Waals surface area (Å²) in [4.78, 5) is 35.5. The molecule has 7 heteroatoms. The van der Waals surface area contributed by atoms with Crippen LogP contribution in [0.5, 0.6) is 0 Å². The fourth-order valence-corrected chi connectivity index (χ4v) is 3.13. The number of aliphatic carboxylic acids is 1. The maximum absolute atomic E-state index is 12.3. The van der Waals surface area contributed by atoms with E-state index in [2.05, 4.69) is 24.5 Å². The molecule has 0 radical (unpaired) electrons. The smallest absolute Gasteiger partial charge is 0.322 e. The van der Waals surface area contributed by atoms with Crippen LogP contribution in [-0.2, 0) is 16.0 Å². The van der Waals surface area contributed by atoms with Gasteiger partial charge in [-0.2, -0.15) is 0 Å². The average molecular weight is 386 g/mol. The zero-order valence-electron chi connectivity index (χ0n) is 15.2. The Labute approximate surface area is 162 Å². The maximum atomic E-state index is 12.3. The highest BCUT2D eigenvalue weighted by Crippen LogP contribution is 2.23. The summed E-state index contributed by atoms with van der Waals surface area (Å²) >= 11 is 1.74. The van der Waals surface area contributed by atoms with Crippen LogP contribution in [0.25, 0.3) is 0 Å². The highest BCUT2D eigenvalue weighted by Gasteiger charge is 2.08. The van der Waals surface area contributed by atoms with Gasteiger partial charge in [-0.15, -0.1) is 11.8 Å². The summed E-state index contributed by atoms with van der Waals surface area (Å²) in [5.41, 5.74) is 1.92. The van der Waals surface area contributed by atoms with Crippen LogP contribution in [0.3, 0.4) is 0 Å².